The number of rotatable bonds is 5. The van der Waals surface area contributed by atoms with Crippen LogP contribution < -0.4 is 0 Å². The predicted octanol–water partition coefficient (Wildman–Crippen LogP) is 3.26. The van der Waals surface area contributed by atoms with E-state index in [9.17, 15) is 4.79 Å². The first kappa shape index (κ1) is 13.4. The molecule has 5 heteroatoms. The summed E-state index contributed by atoms with van der Waals surface area (Å²) in [6.07, 6.45) is 0. The normalized spacial score (nSPS) is 10.8. The van der Waals surface area contributed by atoms with Crippen LogP contribution >= 0.6 is 23.1 Å². The summed E-state index contributed by atoms with van der Waals surface area (Å²) in [6.45, 7) is 5.55. The van der Waals surface area contributed by atoms with Crippen LogP contribution in [0.1, 0.15) is 13.8 Å². The lowest BCUT2D eigenvalue weighted by molar-refractivity contribution is -0.127. The van der Waals surface area contributed by atoms with Crippen LogP contribution in [0.25, 0.3) is 10.2 Å². The molecule has 0 spiro atoms. The van der Waals surface area contributed by atoms with Crippen LogP contribution in [0, 0.1) is 0 Å². The predicted molar refractivity (Wildman–Crippen MR) is 78.3 cm³/mol. The van der Waals surface area contributed by atoms with E-state index in [0.29, 0.717) is 5.75 Å². The summed E-state index contributed by atoms with van der Waals surface area (Å²) in [6, 6.07) is 8.05. The number of benzene rings is 1. The molecule has 0 saturated heterocycles. The fourth-order valence-corrected chi connectivity index (χ4v) is 3.68. The quantitative estimate of drug-likeness (QED) is 0.788. The molecule has 1 aromatic heterocycles. The van der Waals surface area contributed by atoms with E-state index in [4.69, 9.17) is 0 Å². The minimum absolute atomic E-state index is 0.184. The first-order valence-electron chi connectivity index (χ1n) is 6.00. The van der Waals surface area contributed by atoms with Crippen LogP contribution in [0.4, 0.5) is 0 Å². The minimum Gasteiger partial charge on any atom is -0.343 e. The zero-order chi connectivity index (χ0) is 13.0. The zero-order valence-electron chi connectivity index (χ0n) is 10.5. The number of thioether (sulfide) groups is 1. The van der Waals surface area contributed by atoms with Crippen molar-refractivity contribution in [3.8, 4) is 0 Å². The van der Waals surface area contributed by atoms with Gasteiger partial charge < -0.3 is 4.90 Å². The Bertz CT molecular complexity index is 502. The van der Waals surface area contributed by atoms with E-state index in [1.54, 1.807) is 11.3 Å². The highest BCUT2D eigenvalue weighted by molar-refractivity contribution is 8.01. The van der Waals surface area contributed by atoms with Crippen molar-refractivity contribution in [3.63, 3.8) is 0 Å². The number of thiazole rings is 1. The van der Waals surface area contributed by atoms with E-state index in [0.717, 1.165) is 22.9 Å². The fourth-order valence-electron chi connectivity index (χ4n) is 1.70. The molecule has 2 aromatic rings. The molecular formula is C13H16N2OS2. The summed E-state index contributed by atoms with van der Waals surface area (Å²) in [5, 5.41) is 0. The van der Waals surface area contributed by atoms with E-state index in [2.05, 4.69) is 11.1 Å². The molecule has 0 saturated carbocycles. The van der Waals surface area contributed by atoms with Crippen molar-refractivity contribution >= 4 is 39.2 Å². The molecule has 18 heavy (non-hydrogen) atoms. The number of para-hydroxylation sites is 1. The molecule has 2 rings (SSSR count). The van der Waals surface area contributed by atoms with Crippen molar-refractivity contribution in [3.05, 3.63) is 24.3 Å². The van der Waals surface area contributed by atoms with Gasteiger partial charge in [0.15, 0.2) is 4.34 Å². The van der Waals surface area contributed by atoms with Crippen LogP contribution in [0.15, 0.2) is 28.6 Å². The first-order chi connectivity index (χ1) is 8.74. The van der Waals surface area contributed by atoms with Gasteiger partial charge in [0.05, 0.1) is 16.0 Å². The topological polar surface area (TPSA) is 33.2 Å². The molecule has 0 bridgehead atoms. The molecule has 0 aliphatic heterocycles. The fraction of sp³-hybridized carbons (Fsp3) is 0.385. The molecule has 1 amide bonds. The number of carbonyl (C=O) groups excluding carboxylic acids is 1. The summed E-state index contributed by atoms with van der Waals surface area (Å²) in [4.78, 5) is 18.2. The number of carbonyl (C=O) groups is 1. The summed E-state index contributed by atoms with van der Waals surface area (Å²) >= 11 is 3.18. The van der Waals surface area contributed by atoms with Crippen LogP contribution in [-0.4, -0.2) is 34.6 Å². The zero-order valence-corrected chi connectivity index (χ0v) is 12.2. The van der Waals surface area contributed by atoms with Crippen molar-refractivity contribution in [1.29, 1.82) is 0 Å². The first-order valence-corrected chi connectivity index (χ1v) is 7.81. The second kappa shape index (κ2) is 6.20. The van der Waals surface area contributed by atoms with E-state index in [1.807, 2.05) is 36.9 Å². The Kier molecular flexibility index (Phi) is 4.60. The molecular weight excluding hydrogens is 264 g/mol. The number of amides is 1. The third-order valence-corrected chi connectivity index (χ3v) is 4.87. The average molecular weight is 280 g/mol. The van der Waals surface area contributed by atoms with E-state index >= 15 is 0 Å². The molecule has 1 aromatic carbocycles. The maximum Gasteiger partial charge on any atom is 0.232 e. The van der Waals surface area contributed by atoms with Gasteiger partial charge in [-0.2, -0.15) is 0 Å². The number of aromatic nitrogens is 1. The summed E-state index contributed by atoms with van der Waals surface area (Å²) in [5.41, 5.74) is 1.01. The van der Waals surface area contributed by atoms with Crippen LogP contribution in [0.2, 0.25) is 0 Å². The number of hydrogen-bond acceptors (Lipinski definition) is 4. The van der Waals surface area contributed by atoms with Gasteiger partial charge in [-0.1, -0.05) is 23.9 Å². The largest absolute Gasteiger partial charge is 0.343 e. The molecule has 0 radical (unpaired) electrons. The summed E-state index contributed by atoms with van der Waals surface area (Å²) in [5.74, 6) is 0.658. The summed E-state index contributed by atoms with van der Waals surface area (Å²) < 4.78 is 2.15. The molecule has 96 valence electrons. The van der Waals surface area contributed by atoms with Crippen molar-refractivity contribution in [2.45, 2.75) is 18.2 Å². The standard InChI is InChI=1S/C13H16N2OS2/c1-3-15(4-2)12(16)9-17-13-14-10-7-5-6-8-11(10)18-13/h5-8H,3-4,9H2,1-2H3. The van der Waals surface area contributed by atoms with Gasteiger partial charge in [-0.3, -0.25) is 4.79 Å². The Morgan fingerprint density at radius 1 is 1.33 bits per heavy atom. The molecule has 0 aliphatic carbocycles. The van der Waals surface area contributed by atoms with Gasteiger partial charge in [0.25, 0.3) is 0 Å². The van der Waals surface area contributed by atoms with Gasteiger partial charge in [-0.05, 0) is 26.0 Å². The lowest BCUT2D eigenvalue weighted by Gasteiger charge is -2.17. The molecule has 0 unspecified atom stereocenters. The van der Waals surface area contributed by atoms with E-state index < -0.39 is 0 Å². The van der Waals surface area contributed by atoms with Crippen molar-refractivity contribution < 1.29 is 4.79 Å². The second-order valence-electron chi connectivity index (χ2n) is 3.80. The molecule has 0 N–H and O–H groups in total. The molecule has 0 atom stereocenters. The SMILES string of the molecule is CCN(CC)C(=O)CSc1nc2ccccc2s1. The molecule has 0 fully saturated rings. The van der Waals surface area contributed by atoms with Gasteiger partial charge in [-0.15, -0.1) is 11.3 Å². The minimum atomic E-state index is 0.184. The van der Waals surface area contributed by atoms with Crippen LogP contribution in [0.5, 0.6) is 0 Å². The highest BCUT2D eigenvalue weighted by Crippen LogP contribution is 2.29. The van der Waals surface area contributed by atoms with Crippen LogP contribution in [-0.2, 0) is 4.79 Å². The van der Waals surface area contributed by atoms with Crippen molar-refractivity contribution in [1.82, 2.24) is 9.88 Å². The van der Waals surface area contributed by atoms with Crippen molar-refractivity contribution in [2.24, 2.45) is 0 Å². The van der Waals surface area contributed by atoms with Gasteiger partial charge in [0.1, 0.15) is 0 Å². The second-order valence-corrected chi connectivity index (χ2v) is 6.06. The molecule has 0 aliphatic rings. The summed E-state index contributed by atoms with van der Waals surface area (Å²) in [7, 11) is 0. The Hall–Kier alpha value is -1.07. The van der Waals surface area contributed by atoms with Gasteiger partial charge >= 0.3 is 0 Å². The maximum atomic E-state index is 11.9. The lowest BCUT2D eigenvalue weighted by Crippen LogP contribution is -2.31. The molecule has 3 nitrogen and oxygen atoms in total. The van der Waals surface area contributed by atoms with E-state index in [1.165, 1.54) is 16.5 Å². The number of hydrogen-bond donors (Lipinski definition) is 0. The highest BCUT2D eigenvalue weighted by Gasteiger charge is 2.11. The highest BCUT2D eigenvalue weighted by atomic mass is 32.2. The van der Waals surface area contributed by atoms with Gasteiger partial charge in [0.2, 0.25) is 5.91 Å². The van der Waals surface area contributed by atoms with Crippen molar-refractivity contribution in [2.75, 3.05) is 18.8 Å². The number of nitrogens with zero attached hydrogens (tertiary/aromatic N) is 2. The Labute approximate surface area is 115 Å². The van der Waals surface area contributed by atoms with E-state index in [-0.39, 0.29) is 5.91 Å². The third-order valence-electron chi connectivity index (χ3n) is 2.71. The van der Waals surface area contributed by atoms with Gasteiger partial charge in [-0.25, -0.2) is 4.98 Å². The average Bonchev–Trinajstić information content (AvgIpc) is 2.80. The Balaban J connectivity index is 1.99. The number of fused-ring (bicyclic) bond motifs is 1. The lowest BCUT2D eigenvalue weighted by atomic mass is 10.3. The Morgan fingerprint density at radius 3 is 2.72 bits per heavy atom. The maximum absolute atomic E-state index is 11.9. The Morgan fingerprint density at radius 2 is 2.06 bits per heavy atom. The third kappa shape index (κ3) is 3.03. The monoisotopic (exact) mass is 280 g/mol. The smallest absolute Gasteiger partial charge is 0.232 e. The molecule has 1 heterocycles. The van der Waals surface area contributed by atoms with Crippen LogP contribution in [0.3, 0.4) is 0 Å². The van der Waals surface area contributed by atoms with Gasteiger partial charge in [0, 0.05) is 13.1 Å².